The summed E-state index contributed by atoms with van der Waals surface area (Å²) in [6, 6.07) is 5.97. The van der Waals surface area contributed by atoms with Crippen LogP contribution in [0.3, 0.4) is 0 Å². The van der Waals surface area contributed by atoms with Crippen LogP contribution in [-0.4, -0.2) is 30.3 Å². The number of rotatable bonds is 4. The third-order valence-electron chi connectivity index (χ3n) is 4.22. The Labute approximate surface area is 114 Å². The molecule has 0 aromatic heterocycles. The van der Waals surface area contributed by atoms with Crippen molar-refractivity contribution in [3.05, 3.63) is 35.6 Å². The van der Waals surface area contributed by atoms with Crippen LogP contribution in [0.15, 0.2) is 24.3 Å². The lowest BCUT2D eigenvalue weighted by Gasteiger charge is -2.35. The van der Waals surface area contributed by atoms with Crippen molar-refractivity contribution in [3.63, 3.8) is 0 Å². The Morgan fingerprint density at radius 3 is 2.84 bits per heavy atom. The smallest absolute Gasteiger partial charge is 0.164 e. The van der Waals surface area contributed by atoms with Gasteiger partial charge in [0.2, 0.25) is 0 Å². The van der Waals surface area contributed by atoms with E-state index in [0.717, 1.165) is 25.6 Å². The number of hydrogen-bond donors (Lipinski definition) is 0. The van der Waals surface area contributed by atoms with Crippen LogP contribution in [0.25, 0.3) is 0 Å². The maximum absolute atomic E-state index is 13.1. The van der Waals surface area contributed by atoms with Crippen molar-refractivity contribution in [2.24, 2.45) is 11.8 Å². The second-order valence-electron chi connectivity index (χ2n) is 5.73. The first-order valence-electron chi connectivity index (χ1n) is 7.07. The van der Waals surface area contributed by atoms with Gasteiger partial charge in [-0.3, -0.25) is 4.79 Å². The van der Waals surface area contributed by atoms with E-state index in [1.165, 1.54) is 18.6 Å². The monoisotopic (exact) mass is 263 g/mol. The van der Waals surface area contributed by atoms with E-state index in [2.05, 4.69) is 18.7 Å². The van der Waals surface area contributed by atoms with Crippen molar-refractivity contribution in [1.29, 1.82) is 0 Å². The van der Waals surface area contributed by atoms with Gasteiger partial charge in [0.15, 0.2) is 5.78 Å². The van der Waals surface area contributed by atoms with Gasteiger partial charge in [0.1, 0.15) is 5.82 Å². The summed E-state index contributed by atoms with van der Waals surface area (Å²) in [4.78, 5) is 14.3. The molecule has 0 bridgehead atoms. The number of carbonyl (C=O) groups is 1. The number of Topliss-reactive ketones (excluding diaryl/α,β-unsaturated/α-hetero) is 1. The van der Waals surface area contributed by atoms with Crippen molar-refractivity contribution in [2.75, 3.05) is 19.6 Å². The molecule has 0 amide bonds. The Bertz CT molecular complexity index is 446. The molecule has 1 aliphatic heterocycles. The zero-order valence-electron chi connectivity index (χ0n) is 11.7. The lowest BCUT2D eigenvalue weighted by molar-refractivity contribution is 0.0926. The molecule has 104 valence electrons. The van der Waals surface area contributed by atoms with Gasteiger partial charge in [-0.15, -0.1) is 0 Å². The molecule has 0 aliphatic carbocycles. The topological polar surface area (TPSA) is 20.3 Å². The van der Waals surface area contributed by atoms with Crippen molar-refractivity contribution < 1.29 is 9.18 Å². The molecular weight excluding hydrogens is 241 g/mol. The van der Waals surface area contributed by atoms with Crippen LogP contribution < -0.4 is 0 Å². The van der Waals surface area contributed by atoms with Crippen molar-refractivity contribution >= 4 is 5.78 Å². The predicted octanol–water partition coefficient (Wildman–Crippen LogP) is 3.38. The average molecular weight is 263 g/mol. The molecule has 1 saturated heterocycles. The van der Waals surface area contributed by atoms with E-state index in [1.807, 2.05) is 0 Å². The summed E-state index contributed by atoms with van der Waals surface area (Å²) in [7, 11) is 0. The Balaban J connectivity index is 1.84. The fourth-order valence-corrected chi connectivity index (χ4v) is 2.62. The second kappa shape index (κ2) is 6.29. The molecule has 0 radical (unpaired) electrons. The van der Waals surface area contributed by atoms with E-state index in [0.29, 0.717) is 17.9 Å². The molecule has 1 aromatic rings. The number of hydrogen-bond acceptors (Lipinski definition) is 2. The van der Waals surface area contributed by atoms with E-state index in [4.69, 9.17) is 0 Å². The molecule has 0 N–H and O–H groups in total. The van der Waals surface area contributed by atoms with Crippen LogP contribution in [0.2, 0.25) is 0 Å². The molecule has 3 heteroatoms. The van der Waals surface area contributed by atoms with Crippen molar-refractivity contribution in [3.8, 4) is 0 Å². The summed E-state index contributed by atoms with van der Waals surface area (Å²) >= 11 is 0. The highest BCUT2D eigenvalue weighted by Crippen LogP contribution is 2.22. The first-order valence-corrected chi connectivity index (χ1v) is 7.07. The molecule has 19 heavy (non-hydrogen) atoms. The third kappa shape index (κ3) is 3.87. The maximum Gasteiger partial charge on any atom is 0.164 e. The summed E-state index contributed by atoms with van der Waals surface area (Å²) in [6.45, 7) is 7.48. The van der Waals surface area contributed by atoms with Gasteiger partial charge >= 0.3 is 0 Å². The van der Waals surface area contributed by atoms with E-state index >= 15 is 0 Å². The number of likely N-dealkylation sites (tertiary alicyclic amines) is 1. The van der Waals surface area contributed by atoms with Gasteiger partial charge in [0.05, 0.1) is 0 Å². The van der Waals surface area contributed by atoms with Gasteiger partial charge in [-0.2, -0.15) is 0 Å². The zero-order chi connectivity index (χ0) is 13.8. The number of piperidine rings is 1. The largest absolute Gasteiger partial charge is 0.303 e. The molecule has 2 rings (SSSR count). The van der Waals surface area contributed by atoms with Crippen molar-refractivity contribution in [2.45, 2.75) is 26.7 Å². The molecular formula is C16H22FNO. The third-order valence-corrected chi connectivity index (χ3v) is 4.22. The molecule has 1 aliphatic rings. The predicted molar refractivity (Wildman–Crippen MR) is 74.7 cm³/mol. The van der Waals surface area contributed by atoms with Gasteiger partial charge < -0.3 is 4.90 Å². The minimum atomic E-state index is -0.341. The molecule has 1 heterocycles. The Morgan fingerprint density at radius 1 is 1.37 bits per heavy atom. The fourth-order valence-electron chi connectivity index (χ4n) is 2.62. The molecule has 2 unspecified atom stereocenters. The minimum absolute atomic E-state index is 0.0331. The maximum atomic E-state index is 13.1. The normalized spacial score (nSPS) is 24.4. The van der Waals surface area contributed by atoms with Crippen LogP contribution in [0.4, 0.5) is 4.39 Å². The van der Waals surface area contributed by atoms with Crippen LogP contribution >= 0.6 is 0 Å². The number of benzene rings is 1. The molecule has 1 fully saturated rings. The lowest BCUT2D eigenvalue weighted by Crippen LogP contribution is -2.39. The van der Waals surface area contributed by atoms with Gasteiger partial charge in [-0.05, 0) is 36.9 Å². The van der Waals surface area contributed by atoms with Gasteiger partial charge in [0.25, 0.3) is 0 Å². The van der Waals surface area contributed by atoms with Crippen LogP contribution in [0.5, 0.6) is 0 Å². The van der Waals surface area contributed by atoms with E-state index in [-0.39, 0.29) is 11.6 Å². The molecule has 0 saturated carbocycles. The summed E-state index contributed by atoms with van der Waals surface area (Å²) in [5.41, 5.74) is 0.485. The zero-order valence-corrected chi connectivity index (χ0v) is 11.7. The highest BCUT2D eigenvalue weighted by Gasteiger charge is 2.22. The number of ketones is 1. The van der Waals surface area contributed by atoms with Gasteiger partial charge in [0, 0.05) is 25.1 Å². The quantitative estimate of drug-likeness (QED) is 0.776. The summed E-state index contributed by atoms with van der Waals surface area (Å²) in [5, 5.41) is 0. The average Bonchev–Trinajstić information content (AvgIpc) is 2.40. The molecule has 2 nitrogen and oxygen atoms in total. The Morgan fingerprint density at radius 2 is 2.16 bits per heavy atom. The fraction of sp³-hybridized carbons (Fsp3) is 0.562. The second-order valence-corrected chi connectivity index (χ2v) is 5.73. The number of nitrogens with zero attached hydrogens (tertiary/aromatic N) is 1. The number of halogens is 1. The summed E-state index contributed by atoms with van der Waals surface area (Å²) in [6.07, 6.45) is 1.68. The van der Waals surface area contributed by atoms with Gasteiger partial charge in [-0.1, -0.05) is 26.0 Å². The highest BCUT2D eigenvalue weighted by atomic mass is 19.1. The first-order chi connectivity index (χ1) is 9.06. The van der Waals surface area contributed by atoms with Crippen LogP contribution in [0, 0.1) is 17.7 Å². The van der Waals surface area contributed by atoms with Crippen LogP contribution in [0.1, 0.15) is 37.0 Å². The van der Waals surface area contributed by atoms with E-state index in [1.54, 1.807) is 12.1 Å². The van der Waals surface area contributed by atoms with E-state index in [9.17, 15) is 9.18 Å². The number of carbonyl (C=O) groups excluding carboxylic acids is 1. The minimum Gasteiger partial charge on any atom is -0.303 e. The Hall–Kier alpha value is -1.22. The van der Waals surface area contributed by atoms with Gasteiger partial charge in [-0.25, -0.2) is 4.39 Å². The standard InChI is InChI=1S/C16H22FNO/c1-12-6-8-18(11-13(12)2)9-7-16(19)14-4-3-5-15(17)10-14/h3-5,10,12-13H,6-9,11H2,1-2H3. The Kier molecular flexibility index (Phi) is 4.70. The summed E-state index contributed by atoms with van der Waals surface area (Å²) in [5.74, 6) is 1.16. The molecule has 2 atom stereocenters. The first kappa shape index (κ1) is 14.2. The molecule has 1 aromatic carbocycles. The lowest BCUT2D eigenvalue weighted by atomic mass is 9.88. The van der Waals surface area contributed by atoms with E-state index < -0.39 is 0 Å². The van der Waals surface area contributed by atoms with Crippen molar-refractivity contribution in [1.82, 2.24) is 4.90 Å². The molecule has 0 spiro atoms. The highest BCUT2D eigenvalue weighted by molar-refractivity contribution is 5.96. The SMILES string of the molecule is CC1CCN(CCC(=O)c2cccc(F)c2)CC1C. The van der Waals surface area contributed by atoms with Crippen LogP contribution in [-0.2, 0) is 0 Å². The summed E-state index contributed by atoms with van der Waals surface area (Å²) < 4.78 is 13.1.